The minimum atomic E-state index is 0.219. The minimum Gasteiger partial charge on any atom is -0.309 e. The number of halogens is 1. The van der Waals surface area contributed by atoms with E-state index in [0.29, 0.717) is 0 Å². The fraction of sp³-hybridized carbons (Fsp3) is 0.429. The molecule has 0 saturated heterocycles. The van der Waals surface area contributed by atoms with E-state index in [1.165, 1.54) is 5.69 Å². The molecule has 2 heterocycles. The lowest BCUT2D eigenvalue weighted by Crippen LogP contribution is -2.26. The predicted molar refractivity (Wildman–Crippen MR) is 80.0 cm³/mol. The molecule has 102 valence electrons. The summed E-state index contributed by atoms with van der Waals surface area (Å²) in [7, 11) is 0. The first-order chi connectivity index (χ1) is 9.26. The third-order valence-electron chi connectivity index (χ3n) is 3.05. The van der Waals surface area contributed by atoms with Gasteiger partial charge in [-0.1, -0.05) is 13.0 Å². The first kappa shape index (κ1) is 14.2. The van der Waals surface area contributed by atoms with Crippen LogP contribution in [0.4, 0.5) is 0 Å². The van der Waals surface area contributed by atoms with Crippen LogP contribution in [0.15, 0.2) is 35.1 Å². The van der Waals surface area contributed by atoms with Gasteiger partial charge in [0.15, 0.2) is 0 Å². The Kier molecular flexibility index (Phi) is 5.10. The smallest absolute Gasteiger partial charge is 0.0699 e. The number of aromatic nitrogens is 3. The highest BCUT2D eigenvalue weighted by Gasteiger charge is 2.19. The zero-order valence-corrected chi connectivity index (χ0v) is 12.9. The van der Waals surface area contributed by atoms with E-state index in [1.54, 1.807) is 0 Å². The molecule has 5 heteroatoms. The molecule has 0 amide bonds. The van der Waals surface area contributed by atoms with E-state index >= 15 is 0 Å². The van der Waals surface area contributed by atoms with E-state index in [4.69, 9.17) is 0 Å². The van der Waals surface area contributed by atoms with Gasteiger partial charge in [0, 0.05) is 24.9 Å². The summed E-state index contributed by atoms with van der Waals surface area (Å²) in [6.07, 6.45) is 4.56. The summed E-state index contributed by atoms with van der Waals surface area (Å²) in [4.78, 5) is 4.41. The van der Waals surface area contributed by atoms with E-state index in [9.17, 15) is 0 Å². The lowest BCUT2D eigenvalue weighted by molar-refractivity contribution is 0.485. The highest BCUT2D eigenvalue weighted by molar-refractivity contribution is 9.10. The molecule has 0 fully saturated rings. The number of pyridine rings is 1. The van der Waals surface area contributed by atoms with Crippen LogP contribution in [0.1, 0.15) is 31.3 Å². The molecule has 0 aromatic carbocycles. The van der Waals surface area contributed by atoms with Crippen molar-refractivity contribution in [3.63, 3.8) is 0 Å². The van der Waals surface area contributed by atoms with Gasteiger partial charge in [-0.2, -0.15) is 5.10 Å². The van der Waals surface area contributed by atoms with Gasteiger partial charge >= 0.3 is 0 Å². The van der Waals surface area contributed by atoms with Crippen LogP contribution in [-0.2, 0) is 13.0 Å². The highest BCUT2D eigenvalue weighted by atomic mass is 79.9. The monoisotopic (exact) mass is 322 g/mol. The normalized spacial score (nSPS) is 12.6. The van der Waals surface area contributed by atoms with Gasteiger partial charge in [0.2, 0.25) is 0 Å². The van der Waals surface area contributed by atoms with E-state index in [-0.39, 0.29) is 6.04 Å². The van der Waals surface area contributed by atoms with Crippen molar-refractivity contribution in [2.75, 3.05) is 6.54 Å². The van der Waals surface area contributed by atoms with Gasteiger partial charge < -0.3 is 5.32 Å². The molecular formula is C14H19BrN4. The second-order valence-corrected chi connectivity index (χ2v) is 5.18. The average molecular weight is 323 g/mol. The van der Waals surface area contributed by atoms with E-state index < -0.39 is 0 Å². The van der Waals surface area contributed by atoms with Crippen LogP contribution in [0.5, 0.6) is 0 Å². The zero-order chi connectivity index (χ0) is 13.7. The molecule has 2 aromatic heterocycles. The van der Waals surface area contributed by atoms with Crippen molar-refractivity contribution >= 4 is 15.9 Å². The third-order valence-corrected chi connectivity index (χ3v) is 3.66. The molecule has 0 radical (unpaired) electrons. The molecule has 0 aliphatic rings. The molecule has 1 atom stereocenters. The number of hydrogen-bond acceptors (Lipinski definition) is 3. The summed E-state index contributed by atoms with van der Waals surface area (Å²) in [5, 5.41) is 7.91. The molecule has 4 nitrogen and oxygen atoms in total. The van der Waals surface area contributed by atoms with Crippen LogP contribution in [0.3, 0.4) is 0 Å². The maximum atomic E-state index is 4.41. The van der Waals surface area contributed by atoms with Gasteiger partial charge in [-0.15, -0.1) is 0 Å². The molecule has 2 rings (SSSR count). The van der Waals surface area contributed by atoms with E-state index in [1.807, 2.05) is 29.2 Å². The molecule has 0 bridgehead atoms. The fourth-order valence-electron chi connectivity index (χ4n) is 2.21. The van der Waals surface area contributed by atoms with Crippen molar-refractivity contribution in [3.8, 4) is 0 Å². The van der Waals surface area contributed by atoms with Crippen LogP contribution in [0, 0.1) is 0 Å². The zero-order valence-electron chi connectivity index (χ0n) is 11.3. The SMILES string of the molecule is CCNC(Cc1ccccn1)c1c(Br)cnn1CC. The van der Waals surface area contributed by atoms with Crippen molar-refractivity contribution in [2.45, 2.75) is 32.9 Å². The van der Waals surface area contributed by atoms with Crippen LogP contribution < -0.4 is 5.32 Å². The molecular weight excluding hydrogens is 304 g/mol. The Balaban J connectivity index is 2.27. The Bertz CT molecular complexity index is 509. The van der Waals surface area contributed by atoms with Crippen LogP contribution in [0.25, 0.3) is 0 Å². The number of aryl methyl sites for hydroxylation is 1. The Morgan fingerprint density at radius 2 is 2.21 bits per heavy atom. The lowest BCUT2D eigenvalue weighted by atomic mass is 10.1. The molecule has 2 aromatic rings. The number of nitrogens with zero attached hydrogens (tertiary/aromatic N) is 3. The minimum absolute atomic E-state index is 0.219. The van der Waals surface area contributed by atoms with Gasteiger partial charge in [0.1, 0.15) is 0 Å². The van der Waals surface area contributed by atoms with Gasteiger partial charge in [-0.25, -0.2) is 0 Å². The van der Waals surface area contributed by atoms with E-state index in [2.05, 4.69) is 51.2 Å². The molecule has 0 spiro atoms. The fourth-order valence-corrected chi connectivity index (χ4v) is 2.78. The Hall–Kier alpha value is -1.20. The van der Waals surface area contributed by atoms with Crippen LogP contribution in [0.2, 0.25) is 0 Å². The largest absolute Gasteiger partial charge is 0.309 e. The van der Waals surface area contributed by atoms with Gasteiger partial charge in [-0.05, 0) is 41.5 Å². The molecule has 19 heavy (non-hydrogen) atoms. The summed E-state index contributed by atoms with van der Waals surface area (Å²) in [6, 6.07) is 6.25. The molecule has 0 aliphatic heterocycles. The highest BCUT2D eigenvalue weighted by Crippen LogP contribution is 2.25. The average Bonchev–Trinajstić information content (AvgIpc) is 2.80. The van der Waals surface area contributed by atoms with Crippen molar-refractivity contribution in [3.05, 3.63) is 46.5 Å². The molecule has 0 saturated carbocycles. The summed E-state index contributed by atoms with van der Waals surface area (Å²) < 4.78 is 3.08. The summed E-state index contributed by atoms with van der Waals surface area (Å²) in [5.41, 5.74) is 2.28. The summed E-state index contributed by atoms with van der Waals surface area (Å²) in [5.74, 6) is 0. The van der Waals surface area contributed by atoms with Gasteiger partial charge in [0.05, 0.1) is 22.4 Å². The molecule has 1 N–H and O–H groups in total. The van der Waals surface area contributed by atoms with Crippen LogP contribution in [-0.4, -0.2) is 21.3 Å². The number of rotatable bonds is 6. The number of hydrogen-bond donors (Lipinski definition) is 1. The van der Waals surface area contributed by atoms with Gasteiger partial charge in [0.25, 0.3) is 0 Å². The molecule has 1 unspecified atom stereocenters. The first-order valence-electron chi connectivity index (χ1n) is 6.60. The lowest BCUT2D eigenvalue weighted by Gasteiger charge is -2.19. The summed E-state index contributed by atoms with van der Waals surface area (Å²) in [6.45, 7) is 6.00. The Morgan fingerprint density at radius 1 is 1.37 bits per heavy atom. The predicted octanol–water partition coefficient (Wildman–Crippen LogP) is 2.95. The standard InChI is InChI=1S/C14H19BrN4/c1-3-16-13(9-11-7-5-6-8-17-11)14-12(15)10-18-19(14)4-2/h5-8,10,13,16H,3-4,9H2,1-2H3. The van der Waals surface area contributed by atoms with Crippen LogP contribution >= 0.6 is 15.9 Å². The topological polar surface area (TPSA) is 42.7 Å². The second kappa shape index (κ2) is 6.82. The first-order valence-corrected chi connectivity index (χ1v) is 7.40. The van der Waals surface area contributed by atoms with Gasteiger partial charge in [-0.3, -0.25) is 9.67 Å². The second-order valence-electron chi connectivity index (χ2n) is 4.33. The quantitative estimate of drug-likeness (QED) is 0.889. The van der Waals surface area contributed by atoms with Crippen molar-refractivity contribution in [2.24, 2.45) is 0 Å². The number of nitrogens with one attached hydrogen (secondary N) is 1. The van der Waals surface area contributed by atoms with E-state index in [0.717, 1.165) is 29.7 Å². The molecule has 0 aliphatic carbocycles. The van der Waals surface area contributed by atoms with Crippen molar-refractivity contribution in [1.29, 1.82) is 0 Å². The van der Waals surface area contributed by atoms with Crippen molar-refractivity contribution in [1.82, 2.24) is 20.1 Å². The Morgan fingerprint density at radius 3 is 2.84 bits per heavy atom. The Labute approximate surface area is 122 Å². The summed E-state index contributed by atoms with van der Waals surface area (Å²) >= 11 is 3.60. The third kappa shape index (κ3) is 3.42. The number of likely N-dealkylation sites (N-methyl/N-ethyl adjacent to an activating group) is 1. The maximum Gasteiger partial charge on any atom is 0.0699 e. The van der Waals surface area contributed by atoms with Crippen molar-refractivity contribution < 1.29 is 0 Å². The maximum absolute atomic E-state index is 4.41.